The maximum absolute atomic E-state index is 12.4. The molecule has 0 unspecified atom stereocenters. The van der Waals surface area contributed by atoms with Crippen LogP contribution >= 0.6 is 0 Å². The van der Waals surface area contributed by atoms with E-state index in [1.165, 1.54) is 6.07 Å². The predicted molar refractivity (Wildman–Crippen MR) is 66.3 cm³/mol. The molecule has 0 aliphatic rings. The molecule has 3 heterocycles. The third kappa shape index (κ3) is 3.02. The fourth-order valence-electron chi connectivity index (χ4n) is 1.58. The van der Waals surface area contributed by atoms with Gasteiger partial charge in [0.2, 0.25) is 5.76 Å². The average Bonchev–Trinajstić information content (AvgIpc) is 3.15. The summed E-state index contributed by atoms with van der Waals surface area (Å²) in [6.45, 7) is 0.380. The lowest BCUT2D eigenvalue weighted by Gasteiger charge is -2.01. The Hall–Kier alpha value is -2.84. The smallest absolute Gasteiger partial charge is 0.314 e. The first-order valence-electron chi connectivity index (χ1n) is 5.94. The maximum atomic E-state index is 12.4. The van der Waals surface area contributed by atoms with Gasteiger partial charge >= 0.3 is 6.43 Å². The van der Waals surface area contributed by atoms with Crippen LogP contribution < -0.4 is 5.32 Å². The van der Waals surface area contributed by atoms with E-state index in [0.717, 1.165) is 5.69 Å². The van der Waals surface area contributed by atoms with Gasteiger partial charge in [-0.2, -0.15) is 8.78 Å². The quantitative estimate of drug-likeness (QED) is 0.773. The Labute approximate surface area is 117 Å². The van der Waals surface area contributed by atoms with Crippen LogP contribution in [0.2, 0.25) is 0 Å². The summed E-state index contributed by atoms with van der Waals surface area (Å²) in [7, 11) is 0. The van der Waals surface area contributed by atoms with Crippen LogP contribution in [0.25, 0.3) is 11.7 Å². The fourth-order valence-corrected chi connectivity index (χ4v) is 1.58. The number of pyridine rings is 1. The number of hydrogen-bond donors (Lipinski definition) is 1. The van der Waals surface area contributed by atoms with Gasteiger partial charge < -0.3 is 14.3 Å². The minimum atomic E-state index is -2.82. The van der Waals surface area contributed by atoms with Crippen molar-refractivity contribution in [3.8, 4) is 11.7 Å². The molecule has 0 saturated heterocycles. The lowest BCUT2D eigenvalue weighted by atomic mass is 10.3. The zero-order chi connectivity index (χ0) is 14.7. The SMILES string of the molecule is FC(F)c1nnc(-c2cc(CNc3cccnc3)no2)o1. The van der Waals surface area contributed by atoms with E-state index in [1.54, 1.807) is 18.5 Å². The highest BCUT2D eigenvalue weighted by atomic mass is 19.3. The molecule has 21 heavy (non-hydrogen) atoms. The van der Waals surface area contributed by atoms with Crippen molar-refractivity contribution in [2.75, 3.05) is 5.32 Å². The number of halogens is 2. The first-order valence-corrected chi connectivity index (χ1v) is 5.94. The van der Waals surface area contributed by atoms with Crippen molar-refractivity contribution in [2.24, 2.45) is 0 Å². The highest BCUT2D eigenvalue weighted by molar-refractivity contribution is 5.45. The van der Waals surface area contributed by atoms with Gasteiger partial charge in [0.05, 0.1) is 12.2 Å². The zero-order valence-electron chi connectivity index (χ0n) is 10.5. The number of aromatic nitrogens is 4. The third-order valence-corrected chi connectivity index (χ3v) is 2.53. The Morgan fingerprint density at radius 1 is 1.29 bits per heavy atom. The van der Waals surface area contributed by atoms with Gasteiger partial charge in [0.1, 0.15) is 5.69 Å². The van der Waals surface area contributed by atoms with Gasteiger partial charge in [-0.3, -0.25) is 4.98 Å². The van der Waals surface area contributed by atoms with Crippen molar-refractivity contribution in [3.05, 3.63) is 42.2 Å². The van der Waals surface area contributed by atoms with E-state index in [9.17, 15) is 8.78 Å². The number of hydrogen-bond acceptors (Lipinski definition) is 7. The summed E-state index contributed by atoms with van der Waals surface area (Å²) in [5.74, 6) is -0.751. The Balaban J connectivity index is 1.68. The third-order valence-electron chi connectivity index (χ3n) is 2.53. The average molecular weight is 293 g/mol. The first kappa shape index (κ1) is 13.2. The van der Waals surface area contributed by atoms with E-state index < -0.39 is 12.3 Å². The number of anilines is 1. The Kier molecular flexibility index (Phi) is 3.54. The summed E-state index contributed by atoms with van der Waals surface area (Å²) in [5, 5.41) is 13.6. The number of nitrogens with one attached hydrogen (secondary N) is 1. The number of rotatable bonds is 5. The molecule has 108 valence electrons. The standard InChI is InChI=1S/C12H9F2N5O2/c13-10(14)12-18-17-11(20-12)9-4-8(19-21-9)6-16-7-2-1-3-15-5-7/h1-5,10,16H,6H2. The molecule has 0 aromatic carbocycles. The Morgan fingerprint density at radius 3 is 2.90 bits per heavy atom. The summed E-state index contributed by atoms with van der Waals surface area (Å²) in [6, 6.07) is 5.17. The Morgan fingerprint density at radius 2 is 2.19 bits per heavy atom. The topological polar surface area (TPSA) is 89.9 Å². The van der Waals surface area contributed by atoms with Crippen molar-refractivity contribution in [2.45, 2.75) is 13.0 Å². The molecule has 0 amide bonds. The lowest BCUT2D eigenvalue weighted by molar-refractivity contribution is 0.115. The second-order valence-electron chi connectivity index (χ2n) is 4.02. The van der Waals surface area contributed by atoms with E-state index in [1.807, 2.05) is 6.07 Å². The maximum Gasteiger partial charge on any atom is 0.314 e. The van der Waals surface area contributed by atoms with Crippen LogP contribution in [0.4, 0.5) is 14.5 Å². The summed E-state index contributed by atoms with van der Waals surface area (Å²) < 4.78 is 34.5. The van der Waals surface area contributed by atoms with Gasteiger partial charge in [0.25, 0.3) is 11.8 Å². The van der Waals surface area contributed by atoms with Crippen LogP contribution in [0, 0.1) is 0 Å². The minimum absolute atomic E-state index is 0.134. The van der Waals surface area contributed by atoms with Crippen LogP contribution in [0.15, 0.2) is 39.5 Å². The van der Waals surface area contributed by atoms with Crippen molar-refractivity contribution >= 4 is 5.69 Å². The fraction of sp³-hybridized carbons (Fsp3) is 0.167. The lowest BCUT2D eigenvalue weighted by Crippen LogP contribution is -1.99. The van der Waals surface area contributed by atoms with Gasteiger partial charge in [-0.25, -0.2) is 0 Å². The van der Waals surface area contributed by atoms with E-state index in [-0.39, 0.29) is 11.7 Å². The van der Waals surface area contributed by atoms with E-state index >= 15 is 0 Å². The molecule has 0 radical (unpaired) electrons. The first-order chi connectivity index (χ1) is 10.2. The van der Waals surface area contributed by atoms with Crippen LogP contribution in [0.3, 0.4) is 0 Å². The normalized spacial score (nSPS) is 11.0. The molecule has 9 heteroatoms. The summed E-state index contributed by atoms with van der Waals surface area (Å²) in [5.41, 5.74) is 1.38. The monoisotopic (exact) mass is 293 g/mol. The van der Waals surface area contributed by atoms with Crippen LogP contribution in [-0.4, -0.2) is 20.3 Å². The molecule has 3 aromatic heterocycles. The molecule has 7 nitrogen and oxygen atoms in total. The van der Waals surface area contributed by atoms with E-state index in [2.05, 4.69) is 25.7 Å². The second-order valence-corrected chi connectivity index (χ2v) is 4.02. The zero-order valence-corrected chi connectivity index (χ0v) is 10.5. The van der Waals surface area contributed by atoms with Gasteiger partial charge in [-0.1, -0.05) is 5.16 Å². The molecule has 0 atom stereocenters. The van der Waals surface area contributed by atoms with Gasteiger partial charge in [0.15, 0.2) is 0 Å². The molecular weight excluding hydrogens is 284 g/mol. The number of nitrogens with zero attached hydrogens (tertiary/aromatic N) is 4. The second kappa shape index (κ2) is 5.65. The molecule has 0 aliphatic heterocycles. The summed E-state index contributed by atoms with van der Waals surface area (Å²) >= 11 is 0. The van der Waals surface area contributed by atoms with Crippen molar-refractivity contribution in [1.82, 2.24) is 20.3 Å². The van der Waals surface area contributed by atoms with Crippen LogP contribution in [0.5, 0.6) is 0 Å². The van der Waals surface area contributed by atoms with Crippen LogP contribution in [0.1, 0.15) is 18.0 Å². The highest BCUT2D eigenvalue weighted by Crippen LogP contribution is 2.23. The van der Waals surface area contributed by atoms with Crippen molar-refractivity contribution in [1.29, 1.82) is 0 Å². The number of alkyl halides is 2. The molecule has 1 N–H and O–H groups in total. The van der Waals surface area contributed by atoms with Crippen LogP contribution in [-0.2, 0) is 6.54 Å². The van der Waals surface area contributed by atoms with Crippen molar-refractivity contribution in [3.63, 3.8) is 0 Å². The minimum Gasteiger partial charge on any atom is -0.412 e. The van der Waals surface area contributed by atoms with E-state index in [0.29, 0.717) is 12.2 Å². The molecule has 3 aromatic rings. The molecule has 0 fully saturated rings. The van der Waals surface area contributed by atoms with Crippen molar-refractivity contribution < 1.29 is 17.7 Å². The molecular formula is C12H9F2N5O2. The molecule has 0 spiro atoms. The van der Waals surface area contributed by atoms with Gasteiger partial charge in [-0.05, 0) is 12.1 Å². The summed E-state index contributed by atoms with van der Waals surface area (Å²) in [6.07, 6.45) is 0.504. The highest BCUT2D eigenvalue weighted by Gasteiger charge is 2.19. The molecule has 0 saturated carbocycles. The van der Waals surface area contributed by atoms with E-state index in [4.69, 9.17) is 8.94 Å². The predicted octanol–water partition coefficient (Wildman–Crippen LogP) is 2.67. The largest absolute Gasteiger partial charge is 0.412 e. The Bertz CT molecular complexity index is 713. The van der Waals surface area contributed by atoms with Gasteiger partial charge in [0, 0.05) is 18.5 Å². The molecule has 0 aliphatic carbocycles. The summed E-state index contributed by atoms with van der Waals surface area (Å²) in [4.78, 5) is 3.96. The van der Waals surface area contributed by atoms with Gasteiger partial charge in [-0.15, -0.1) is 10.2 Å². The molecule has 0 bridgehead atoms. The molecule has 3 rings (SSSR count).